The zero-order valence-corrected chi connectivity index (χ0v) is 8.14. The van der Waals surface area contributed by atoms with Crippen LogP contribution >= 0.6 is 11.8 Å². The molecule has 0 aromatic carbocycles. The highest BCUT2D eigenvalue weighted by Crippen LogP contribution is 2.12. The van der Waals surface area contributed by atoms with Crippen LogP contribution in [0.25, 0.3) is 0 Å². The van der Waals surface area contributed by atoms with Gasteiger partial charge in [-0.15, -0.1) is 0 Å². The first kappa shape index (κ1) is 9.86. The van der Waals surface area contributed by atoms with Gasteiger partial charge >= 0.3 is 0 Å². The van der Waals surface area contributed by atoms with Gasteiger partial charge in [-0.25, -0.2) is 0 Å². The highest BCUT2D eigenvalue weighted by molar-refractivity contribution is 7.99. The topological polar surface area (TPSA) is 41.8 Å². The molecule has 4 heteroatoms. The fourth-order valence-electron chi connectivity index (χ4n) is 1.05. The molecule has 0 aromatic heterocycles. The SMILES string of the molecule is CC(CSCCO)C1=NCCO1. The van der Waals surface area contributed by atoms with E-state index in [1.165, 1.54) is 0 Å². The second-order valence-corrected chi connectivity index (χ2v) is 3.92. The van der Waals surface area contributed by atoms with Gasteiger partial charge in [0.05, 0.1) is 13.2 Å². The molecular weight excluding hydrogens is 174 g/mol. The van der Waals surface area contributed by atoms with E-state index in [-0.39, 0.29) is 6.61 Å². The van der Waals surface area contributed by atoms with Crippen molar-refractivity contribution in [1.29, 1.82) is 0 Å². The van der Waals surface area contributed by atoms with E-state index in [1.807, 2.05) is 0 Å². The number of aliphatic hydroxyl groups excluding tert-OH is 1. The number of hydrogen-bond acceptors (Lipinski definition) is 4. The average Bonchev–Trinajstić information content (AvgIpc) is 2.56. The largest absolute Gasteiger partial charge is 0.479 e. The number of aliphatic hydroxyl groups is 1. The Bertz CT molecular complexity index is 161. The molecule has 0 fully saturated rings. The summed E-state index contributed by atoms with van der Waals surface area (Å²) in [6.07, 6.45) is 0. The van der Waals surface area contributed by atoms with E-state index >= 15 is 0 Å². The van der Waals surface area contributed by atoms with Gasteiger partial charge in [-0.2, -0.15) is 11.8 Å². The van der Waals surface area contributed by atoms with Gasteiger partial charge < -0.3 is 9.84 Å². The molecule has 0 saturated heterocycles. The van der Waals surface area contributed by atoms with E-state index in [2.05, 4.69) is 11.9 Å². The van der Waals surface area contributed by atoms with Crippen LogP contribution in [-0.4, -0.2) is 42.3 Å². The second-order valence-electron chi connectivity index (χ2n) is 2.77. The zero-order chi connectivity index (χ0) is 8.81. The van der Waals surface area contributed by atoms with Gasteiger partial charge in [0, 0.05) is 17.4 Å². The van der Waals surface area contributed by atoms with Crippen molar-refractivity contribution in [1.82, 2.24) is 0 Å². The molecule has 0 bridgehead atoms. The Morgan fingerprint density at radius 2 is 2.58 bits per heavy atom. The molecule has 3 nitrogen and oxygen atoms in total. The third-order valence-corrected chi connectivity index (χ3v) is 2.84. The summed E-state index contributed by atoms with van der Waals surface area (Å²) in [5.41, 5.74) is 0. The van der Waals surface area contributed by atoms with Gasteiger partial charge in [0.15, 0.2) is 5.90 Å². The van der Waals surface area contributed by atoms with Crippen molar-refractivity contribution in [3.63, 3.8) is 0 Å². The number of hydrogen-bond donors (Lipinski definition) is 1. The highest BCUT2D eigenvalue weighted by atomic mass is 32.2. The van der Waals surface area contributed by atoms with E-state index in [0.29, 0.717) is 5.92 Å². The summed E-state index contributed by atoms with van der Waals surface area (Å²) >= 11 is 1.74. The molecule has 1 rings (SSSR count). The minimum absolute atomic E-state index is 0.255. The summed E-state index contributed by atoms with van der Waals surface area (Å²) in [5.74, 6) is 3.07. The standard InChI is InChI=1S/C8H15NO2S/c1-7(6-12-5-3-10)8-9-2-4-11-8/h7,10H,2-6H2,1H3. The summed E-state index contributed by atoms with van der Waals surface area (Å²) in [4.78, 5) is 4.23. The smallest absolute Gasteiger partial charge is 0.187 e. The maximum absolute atomic E-state index is 8.56. The van der Waals surface area contributed by atoms with E-state index in [4.69, 9.17) is 9.84 Å². The molecule has 1 unspecified atom stereocenters. The van der Waals surface area contributed by atoms with Crippen molar-refractivity contribution < 1.29 is 9.84 Å². The van der Waals surface area contributed by atoms with E-state index in [1.54, 1.807) is 11.8 Å². The maximum atomic E-state index is 8.56. The minimum atomic E-state index is 0.255. The normalized spacial score (nSPS) is 18.7. The lowest BCUT2D eigenvalue weighted by atomic mass is 10.2. The van der Waals surface area contributed by atoms with Crippen LogP contribution < -0.4 is 0 Å². The molecular formula is C8H15NO2S. The van der Waals surface area contributed by atoms with Gasteiger partial charge in [-0.05, 0) is 0 Å². The molecule has 1 N–H and O–H groups in total. The van der Waals surface area contributed by atoms with E-state index in [0.717, 1.165) is 30.6 Å². The zero-order valence-electron chi connectivity index (χ0n) is 7.32. The molecule has 1 heterocycles. The Morgan fingerprint density at radius 1 is 1.75 bits per heavy atom. The third-order valence-electron chi connectivity index (χ3n) is 1.63. The van der Waals surface area contributed by atoms with Crippen LogP contribution in [0.1, 0.15) is 6.92 Å². The molecule has 70 valence electrons. The summed E-state index contributed by atoms with van der Waals surface area (Å²) in [7, 11) is 0. The fraction of sp³-hybridized carbons (Fsp3) is 0.875. The van der Waals surface area contributed by atoms with Gasteiger partial charge in [0.1, 0.15) is 6.61 Å². The van der Waals surface area contributed by atoms with Crippen molar-refractivity contribution in [2.45, 2.75) is 6.92 Å². The van der Waals surface area contributed by atoms with Crippen LogP contribution in [-0.2, 0) is 4.74 Å². The maximum Gasteiger partial charge on any atom is 0.187 e. The quantitative estimate of drug-likeness (QED) is 0.650. The number of aliphatic imine (C=N–C) groups is 1. The molecule has 1 aliphatic rings. The van der Waals surface area contributed by atoms with Crippen LogP contribution in [0.3, 0.4) is 0 Å². The van der Waals surface area contributed by atoms with Crippen molar-refractivity contribution in [3.8, 4) is 0 Å². The summed E-state index contributed by atoms with van der Waals surface area (Å²) < 4.78 is 5.32. The summed E-state index contributed by atoms with van der Waals surface area (Å²) in [6.45, 7) is 3.91. The number of ether oxygens (including phenoxy) is 1. The average molecular weight is 189 g/mol. The molecule has 0 aliphatic carbocycles. The molecule has 1 atom stereocenters. The second kappa shape index (κ2) is 5.43. The Kier molecular flexibility index (Phi) is 4.46. The van der Waals surface area contributed by atoms with E-state index in [9.17, 15) is 0 Å². The van der Waals surface area contributed by atoms with Crippen molar-refractivity contribution in [3.05, 3.63) is 0 Å². The Hall–Kier alpha value is -0.220. The highest BCUT2D eigenvalue weighted by Gasteiger charge is 2.15. The summed E-state index contributed by atoms with van der Waals surface area (Å²) in [5, 5.41) is 8.56. The van der Waals surface area contributed by atoms with Crippen LogP contribution in [0.5, 0.6) is 0 Å². The molecule has 0 aromatic rings. The van der Waals surface area contributed by atoms with Crippen molar-refractivity contribution in [2.24, 2.45) is 10.9 Å². The lowest BCUT2D eigenvalue weighted by Crippen LogP contribution is -2.14. The monoisotopic (exact) mass is 189 g/mol. The Morgan fingerprint density at radius 3 is 3.17 bits per heavy atom. The van der Waals surface area contributed by atoms with Gasteiger partial charge in [-0.1, -0.05) is 6.92 Å². The number of rotatable bonds is 5. The molecule has 12 heavy (non-hydrogen) atoms. The van der Waals surface area contributed by atoms with Gasteiger partial charge in [0.25, 0.3) is 0 Å². The molecule has 1 aliphatic heterocycles. The van der Waals surface area contributed by atoms with Crippen LogP contribution in [0, 0.1) is 5.92 Å². The van der Waals surface area contributed by atoms with Crippen LogP contribution in [0.4, 0.5) is 0 Å². The van der Waals surface area contributed by atoms with E-state index < -0.39 is 0 Å². The molecule has 0 amide bonds. The van der Waals surface area contributed by atoms with Crippen molar-refractivity contribution >= 4 is 17.7 Å². The first-order valence-corrected chi connectivity index (χ1v) is 5.36. The Labute approximate surface area is 77.2 Å². The van der Waals surface area contributed by atoms with Crippen LogP contribution in [0.2, 0.25) is 0 Å². The number of nitrogens with zero attached hydrogens (tertiary/aromatic N) is 1. The summed E-state index contributed by atoms with van der Waals surface area (Å²) in [6, 6.07) is 0. The third kappa shape index (κ3) is 3.03. The first-order chi connectivity index (χ1) is 5.84. The minimum Gasteiger partial charge on any atom is -0.479 e. The van der Waals surface area contributed by atoms with Gasteiger partial charge in [-0.3, -0.25) is 4.99 Å². The lowest BCUT2D eigenvalue weighted by Gasteiger charge is -2.09. The van der Waals surface area contributed by atoms with Crippen molar-refractivity contribution in [2.75, 3.05) is 31.3 Å². The molecule has 0 spiro atoms. The predicted molar refractivity (Wildman–Crippen MR) is 51.8 cm³/mol. The van der Waals surface area contributed by atoms with Crippen LogP contribution in [0.15, 0.2) is 4.99 Å². The van der Waals surface area contributed by atoms with Gasteiger partial charge in [0.2, 0.25) is 0 Å². The predicted octanol–water partition coefficient (Wildman–Crippen LogP) is 0.777. The first-order valence-electron chi connectivity index (χ1n) is 4.20. The Balaban J connectivity index is 2.14. The molecule has 0 saturated carbocycles. The number of thioether (sulfide) groups is 1. The molecule has 0 radical (unpaired) electrons. The lowest BCUT2D eigenvalue weighted by molar-refractivity contribution is 0.322. The fourth-order valence-corrected chi connectivity index (χ4v) is 1.84.